The molecule has 1 aliphatic rings. The van der Waals surface area contributed by atoms with Gasteiger partial charge in [-0.3, -0.25) is 4.79 Å². The Bertz CT molecular complexity index is 676. The predicted molar refractivity (Wildman–Crippen MR) is 71.7 cm³/mol. The zero-order chi connectivity index (χ0) is 13.4. The molecule has 100 valence electrons. The molecule has 3 rings (SSSR count). The van der Waals surface area contributed by atoms with Crippen molar-refractivity contribution in [2.75, 3.05) is 37.0 Å². The number of nitrogens with two attached hydrogens (primary N) is 1. The van der Waals surface area contributed by atoms with Crippen LogP contribution in [0.4, 0.5) is 5.82 Å². The zero-order valence-corrected chi connectivity index (χ0v) is 10.7. The Morgan fingerprint density at radius 2 is 2.05 bits per heavy atom. The van der Waals surface area contributed by atoms with Crippen LogP contribution >= 0.6 is 0 Å². The predicted octanol–water partition coefficient (Wildman–Crippen LogP) is -0.350. The molecule has 0 spiro atoms. The van der Waals surface area contributed by atoms with Crippen molar-refractivity contribution in [1.29, 1.82) is 0 Å². The third-order valence-corrected chi connectivity index (χ3v) is 3.15. The van der Waals surface area contributed by atoms with E-state index in [1.165, 1.54) is 6.07 Å². The molecular weight excluding hydrogens is 246 g/mol. The molecule has 1 saturated heterocycles. The highest BCUT2D eigenvalue weighted by Gasteiger charge is 2.14. The number of pyridine rings is 1. The summed E-state index contributed by atoms with van der Waals surface area (Å²) in [4.78, 5) is 20.5. The van der Waals surface area contributed by atoms with E-state index >= 15 is 0 Å². The lowest BCUT2D eigenvalue weighted by Gasteiger charge is -2.30. The van der Waals surface area contributed by atoms with Crippen LogP contribution in [-0.4, -0.2) is 40.9 Å². The Kier molecular flexibility index (Phi) is 2.83. The van der Waals surface area contributed by atoms with E-state index in [-0.39, 0.29) is 5.56 Å². The molecule has 0 aliphatic carbocycles. The summed E-state index contributed by atoms with van der Waals surface area (Å²) < 4.78 is 6.85. The van der Waals surface area contributed by atoms with Gasteiger partial charge in [0.2, 0.25) is 0 Å². The third-order valence-electron chi connectivity index (χ3n) is 3.15. The van der Waals surface area contributed by atoms with E-state index in [4.69, 9.17) is 10.5 Å². The Morgan fingerprint density at radius 1 is 1.32 bits per heavy atom. The summed E-state index contributed by atoms with van der Waals surface area (Å²) in [6, 6.07) is 1.50. The second-order valence-corrected chi connectivity index (χ2v) is 4.48. The Morgan fingerprint density at radius 3 is 2.79 bits per heavy atom. The van der Waals surface area contributed by atoms with Gasteiger partial charge >= 0.3 is 0 Å². The molecule has 2 aromatic rings. The van der Waals surface area contributed by atoms with Crippen LogP contribution < -0.4 is 16.3 Å². The number of rotatable bonds is 1. The fourth-order valence-corrected chi connectivity index (χ4v) is 2.23. The van der Waals surface area contributed by atoms with Gasteiger partial charge in [-0.1, -0.05) is 0 Å². The van der Waals surface area contributed by atoms with E-state index in [1.54, 1.807) is 17.8 Å². The maximum Gasteiger partial charge on any atom is 0.271 e. The average molecular weight is 261 g/mol. The number of hydrogen-bond donors (Lipinski definition) is 1. The van der Waals surface area contributed by atoms with E-state index in [1.807, 2.05) is 5.01 Å². The Labute approximate surface area is 109 Å². The van der Waals surface area contributed by atoms with Crippen LogP contribution in [0, 0.1) is 6.92 Å². The molecule has 2 aromatic heterocycles. The van der Waals surface area contributed by atoms with Gasteiger partial charge in [0.1, 0.15) is 11.6 Å². The highest BCUT2D eigenvalue weighted by molar-refractivity contribution is 5.87. The number of morpholine rings is 1. The van der Waals surface area contributed by atoms with Crippen LogP contribution in [0.2, 0.25) is 0 Å². The van der Waals surface area contributed by atoms with E-state index in [2.05, 4.69) is 9.97 Å². The number of anilines is 1. The van der Waals surface area contributed by atoms with Gasteiger partial charge in [-0.2, -0.15) is 0 Å². The molecule has 7 heteroatoms. The number of nitrogens with zero attached hydrogens (tertiary/aromatic N) is 4. The fourth-order valence-electron chi connectivity index (χ4n) is 2.23. The second-order valence-electron chi connectivity index (χ2n) is 4.48. The number of nitrogen functional groups attached to an aromatic ring is 1. The summed E-state index contributed by atoms with van der Waals surface area (Å²) >= 11 is 0. The van der Waals surface area contributed by atoms with Crippen LogP contribution in [0.25, 0.3) is 10.9 Å². The summed E-state index contributed by atoms with van der Waals surface area (Å²) in [5, 5.41) is 2.63. The van der Waals surface area contributed by atoms with Gasteiger partial charge in [0, 0.05) is 12.3 Å². The van der Waals surface area contributed by atoms with Gasteiger partial charge < -0.3 is 15.5 Å². The van der Waals surface area contributed by atoms with Crippen LogP contribution in [0.5, 0.6) is 0 Å². The van der Waals surface area contributed by atoms with E-state index in [0.717, 1.165) is 0 Å². The number of aryl methyl sites for hydroxylation is 1. The van der Waals surface area contributed by atoms with Crippen molar-refractivity contribution in [3.63, 3.8) is 0 Å². The van der Waals surface area contributed by atoms with E-state index < -0.39 is 0 Å². The van der Waals surface area contributed by atoms with Gasteiger partial charge in [-0.25, -0.2) is 14.6 Å². The first kappa shape index (κ1) is 11.9. The van der Waals surface area contributed by atoms with Crippen LogP contribution in [0.15, 0.2) is 17.1 Å². The number of aromatic nitrogens is 3. The van der Waals surface area contributed by atoms with Gasteiger partial charge in [0.15, 0.2) is 0 Å². The minimum absolute atomic E-state index is 0.119. The van der Waals surface area contributed by atoms with Crippen LogP contribution in [0.3, 0.4) is 0 Å². The topological polar surface area (TPSA) is 86.3 Å². The van der Waals surface area contributed by atoms with Gasteiger partial charge in [-0.15, -0.1) is 0 Å². The molecule has 0 amide bonds. The quantitative estimate of drug-likeness (QED) is 0.755. The van der Waals surface area contributed by atoms with Crippen LogP contribution in [-0.2, 0) is 4.74 Å². The van der Waals surface area contributed by atoms with Crippen molar-refractivity contribution < 1.29 is 4.74 Å². The molecule has 3 heterocycles. The van der Waals surface area contributed by atoms with Gasteiger partial charge in [-0.05, 0) is 6.92 Å². The van der Waals surface area contributed by atoms with Gasteiger partial charge in [0.25, 0.3) is 5.56 Å². The first-order valence-corrected chi connectivity index (χ1v) is 6.14. The maximum absolute atomic E-state index is 12.1. The molecule has 0 aromatic carbocycles. The fraction of sp³-hybridized carbons (Fsp3) is 0.417. The molecule has 7 nitrogen and oxygen atoms in total. The minimum Gasteiger partial charge on any atom is -0.383 e. The molecule has 0 bridgehead atoms. The summed E-state index contributed by atoms with van der Waals surface area (Å²) in [5.74, 6) is 0.957. The van der Waals surface area contributed by atoms with Crippen molar-refractivity contribution in [1.82, 2.24) is 14.6 Å². The lowest BCUT2D eigenvalue weighted by Crippen LogP contribution is -2.48. The molecule has 0 radical (unpaired) electrons. The molecule has 19 heavy (non-hydrogen) atoms. The third kappa shape index (κ3) is 2.12. The van der Waals surface area contributed by atoms with Crippen molar-refractivity contribution in [3.05, 3.63) is 28.4 Å². The highest BCUT2D eigenvalue weighted by atomic mass is 16.5. The molecule has 2 N–H and O–H groups in total. The first-order valence-electron chi connectivity index (χ1n) is 6.14. The van der Waals surface area contributed by atoms with Crippen molar-refractivity contribution >= 4 is 16.7 Å². The molecule has 0 unspecified atom stereocenters. The first-order chi connectivity index (χ1) is 9.15. The van der Waals surface area contributed by atoms with Crippen molar-refractivity contribution in [2.45, 2.75) is 6.92 Å². The lowest BCUT2D eigenvalue weighted by atomic mass is 10.3. The molecule has 0 saturated carbocycles. The Hall–Kier alpha value is -2.15. The maximum atomic E-state index is 12.1. The standard InChI is InChI=1S/C12H15N5O2/c1-8-14-10-6-11(18)17(7-9(10)12(13)15-8)16-2-4-19-5-3-16/h6-7H,2-5H2,1H3,(H2,13,14,15). The van der Waals surface area contributed by atoms with E-state index in [0.29, 0.717) is 48.8 Å². The van der Waals surface area contributed by atoms with Crippen LogP contribution in [0.1, 0.15) is 5.82 Å². The number of fused-ring (bicyclic) bond motifs is 1. The molecule has 0 atom stereocenters. The monoisotopic (exact) mass is 261 g/mol. The number of hydrogen-bond acceptors (Lipinski definition) is 6. The SMILES string of the molecule is Cc1nc(N)c2cn(N3CCOCC3)c(=O)cc2n1. The largest absolute Gasteiger partial charge is 0.383 e. The van der Waals surface area contributed by atoms with E-state index in [9.17, 15) is 4.79 Å². The highest BCUT2D eigenvalue weighted by Crippen LogP contribution is 2.15. The summed E-state index contributed by atoms with van der Waals surface area (Å²) in [6.45, 7) is 4.34. The molecular formula is C12H15N5O2. The zero-order valence-electron chi connectivity index (χ0n) is 10.7. The Balaban J connectivity index is 2.15. The van der Waals surface area contributed by atoms with Crippen molar-refractivity contribution in [3.8, 4) is 0 Å². The smallest absolute Gasteiger partial charge is 0.271 e. The lowest BCUT2D eigenvalue weighted by molar-refractivity contribution is 0.111. The average Bonchev–Trinajstić information content (AvgIpc) is 2.38. The summed E-state index contributed by atoms with van der Waals surface area (Å²) in [5.41, 5.74) is 6.36. The number of ether oxygens (including phenoxy) is 1. The summed E-state index contributed by atoms with van der Waals surface area (Å²) in [6.07, 6.45) is 1.71. The normalized spacial score (nSPS) is 15.9. The van der Waals surface area contributed by atoms with Gasteiger partial charge in [0.05, 0.1) is 37.2 Å². The molecule has 1 fully saturated rings. The second kappa shape index (κ2) is 4.51. The molecule has 1 aliphatic heterocycles. The van der Waals surface area contributed by atoms with Crippen molar-refractivity contribution in [2.24, 2.45) is 0 Å². The summed E-state index contributed by atoms with van der Waals surface area (Å²) in [7, 11) is 0. The minimum atomic E-state index is -0.119.